The molecule has 0 aliphatic carbocycles. The molecule has 3 heterocycles. The Morgan fingerprint density at radius 2 is 2.00 bits per heavy atom. The molecule has 1 atom stereocenters. The van der Waals surface area contributed by atoms with Crippen LogP contribution in [0.4, 0.5) is 11.6 Å². The van der Waals surface area contributed by atoms with Gasteiger partial charge in [-0.05, 0) is 37.6 Å². The molecule has 9 nitrogen and oxygen atoms in total. The van der Waals surface area contributed by atoms with Gasteiger partial charge in [-0.1, -0.05) is 12.1 Å². The number of para-hydroxylation sites is 2. The number of anilines is 2. The molecule has 34 heavy (non-hydrogen) atoms. The number of rotatable bonds is 8. The van der Waals surface area contributed by atoms with Crippen LogP contribution in [0.1, 0.15) is 19.8 Å². The van der Waals surface area contributed by atoms with Crippen LogP contribution in [0, 0.1) is 5.92 Å². The van der Waals surface area contributed by atoms with E-state index in [0.717, 1.165) is 17.5 Å². The van der Waals surface area contributed by atoms with Crippen molar-refractivity contribution in [3.05, 3.63) is 42.5 Å². The summed E-state index contributed by atoms with van der Waals surface area (Å²) >= 11 is 0. The fourth-order valence-corrected chi connectivity index (χ4v) is 4.41. The van der Waals surface area contributed by atoms with E-state index >= 15 is 0 Å². The monoisotopic (exact) mass is 464 g/mol. The molecule has 2 aromatic carbocycles. The average molecular weight is 465 g/mol. The maximum atomic E-state index is 13.2. The Kier molecular flexibility index (Phi) is 6.35. The number of carbonyl (C=O) groups is 2. The summed E-state index contributed by atoms with van der Waals surface area (Å²) in [4.78, 5) is 32.2. The van der Waals surface area contributed by atoms with E-state index < -0.39 is 5.92 Å². The number of benzene rings is 2. The molecular formula is C25H28N4O5. The lowest BCUT2D eigenvalue weighted by Gasteiger charge is -2.22. The van der Waals surface area contributed by atoms with Gasteiger partial charge >= 0.3 is 0 Å². The van der Waals surface area contributed by atoms with Crippen molar-refractivity contribution in [2.45, 2.75) is 26.3 Å². The Bertz CT molecular complexity index is 1210. The van der Waals surface area contributed by atoms with Crippen LogP contribution in [0.2, 0.25) is 0 Å². The first kappa shape index (κ1) is 22.2. The summed E-state index contributed by atoms with van der Waals surface area (Å²) in [6, 6.07) is 13.2. The molecule has 1 fully saturated rings. The number of nitrogens with one attached hydrogen (secondary N) is 1. The molecule has 5 rings (SSSR count). The lowest BCUT2D eigenvalue weighted by molar-refractivity contribution is -0.122. The van der Waals surface area contributed by atoms with Gasteiger partial charge in [0.25, 0.3) is 0 Å². The van der Waals surface area contributed by atoms with Crippen molar-refractivity contribution in [3.8, 4) is 11.5 Å². The van der Waals surface area contributed by atoms with E-state index in [0.29, 0.717) is 62.7 Å². The van der Waals surface area contributed by atoms with Crippen molar-refractivity contribution in [2.24, 2.45) is 5.92 Å². The number of carbonyl (C=O) groups excluding carboxylic acids is 2. The van der Waals surface area contributed by atoms with E-state index in [2.05, 4.69) is 10.3 Å². The normalized spacial score (nSPS) is 17.4. The molecule has 1 unspecified atom stereocenters. The highest BCUT2D eigenvalue weighted by Crippen LogP contribution is 2.36. The number of nitrogens with zero attached hydrogens (tertiary/aromatic N) is 3. The van der Waals surface area contributed by atoms with Crippen molar-refractivity contribution in [2.75, 3.05) is 43.2 Å². The Morgan fingerprint density at radius 3 is 2.85 bits per heavy atom. The highest BCUT2D eigenvalue weighted by Gasteiger charge is 2.36. The molecule has 9 heteroatoms. The predicted molar refractivity (Wildman–Crippen MR) is 127 cm³/mol. The van der Waals surface area contributed by atoms with E-state index in [1.54, 1.807) is 17.0 Å². The molecule has 178 valence electrons. The van der Waals surface area contributed by atoms with Crippen LogP contribution in [0.25, 0.3) is 11.0 Å². The summed E-state index contributed by atoms with van der Waals surface area (Å²) in [6.07, 6.45) is 0.946. The molecular weight excluding hydrogens is 436 g/mol. The van der Waals surface area contributed by atoms with Gasteiger partial charge in [0.15, 0.2) is 11.5 Å². The second kappa shape index (κ2) is 9.72. The van der Waals surface area contributed by atoms with E-state index in [4.69, 9.17) is 14.2 Å². The molecule has 1 N–H and O–H groups in total. The fourth-order valence-electron chi connectivity index (χ4n) is 4.41. The summed E-state index contributed by atoms with van der Waals surface area (Å²) in [5.41, 5.74) is 2.47. The van der Waals surface area contributed by atoms with Crippen LogP contribution in [0.15, 0.2) is 42.5 Å². The van der Waals surface area contributed by atoms with Crippen molar-refractivity contribution in [1.29, 1.82) is 0 Å². The minimum absolute atomic E-state index is 0.0953. The largest absolute Gasteiger partial charge is 0.486 e. The second-order valence-corrected chi connectivity index (χ2v) is 8.35. The molecule has 2 aliphatic rings. The lowest BCUT2D eigenvalue weighted by Crippen LogP contribution is -2.29. The van der Waals surface area contributed by atoms with Gasteiger partial charge in [0.1, 0.15) is 13.2 Å². The Morgan fingerprint density at radius 1 is 1.18 bits per heavy atom. The predicted octanol–water partition coefficient (Wildman–Crippen LogP) is 3.23. The number of hydrogen-bond acceptors (Lipinski definition) is 6. The van der Waals surface area contributed by atoms with Crippen molar-refractivity contribution < 1.29 is 23.8 Å². The van der Waals surface area contributed by atoms with E-state index in [1.165, 1.54) is 0 Å². The topological polar surface area (TPSA) is 94.9 Å². The third-order valence-corrected chi connectivity index (χ3v) is 6.10. The zero-order chi connectivity index (χ0) is 23.5. The number of fused-ring (bicyclic) bond motifs is 2. The molecule has 0 spiro atoms. The molecule has 1 aromatic heterocycles. The van der Waals surface area contributed by atoms with Crippen LogP contribution in [-0.2, 0) is 20.9 Å². The number of aryl methyl sites for hydroxylation is 1. The number of imidazole rings is 1. The second-order valence-electron chi connectivity index (χ2n) is 8.35. The standard InChI is InChI=1S/C25H28N4O5/c1-2-32-11-5-10-28-20-7-4-3-6-19(20)26-25(28)27-24(31)17-14-23(30)29(16-17)18-8-9-21-22(15-18)34-13-12-33-21/h3-4,6-9,15,17H,2,5,10-14,16H2,1H3,(H,26,27,31). The summed E-state index contributed by atoms with van der Waals surface area (Å²) in [5.74, 6) is 0.992. The van der Waals surface area contributed by atoms with Gasteiger partial charge in [-0.3, -0.25) is 14.9 Å². The molecule has 0 bridgehead atoms. The summed E-state index contributed by atoms with van der Waals surface area (Å²) < 4.78 is 18.7. The summed E-state index contributed by atoms with van der Waals surface area (Å²) in [6.45, 7) is 5.23. The first-order valence-corrected chi connectivity index (χ1v) is 11.7. The molecule has 0 saturated carbocycles. The van der Waals surface area contributed by atoms with Gasteiger partial charge in [-0.25, -0.2) is 4.98 Å². The molecule has 2 aliphatic heterocycles. The van der Waals surface area contributed by atoms with Crippen molar-refractivity contribution in [1.82, 2.24) is 9.55 Å². The highest BCUT2D eigenvalue weighted by atomic mass is 16.6. The number of amides is 2. The zero-order valence-electron chi connectivity index (χ0n) is 19.2. The maximum absolute atomic E-state index is 13.2. The average Bonchev–Trinajstić information content (AvgIpc) is 3.41. The molecule has 0 radical (unpaired) electrons. The van der Waals surface area contributed by atoms with Crippen molar-refractivity contribution >= 4 is 34.5 Å². The third-order valence-electron chi connectivity index (χ3n) is 6.10. The summed E-state index contributed by atoms with van der Waals surface area (Å²) in [5, 5.41) is 2.97. The van der Waals surface area contributed by atoms with Gasteiger partial charge in [0, 0.05) is 44.5 Å². The quantitative estimate of drug-likeness (QED) is 0.515. The van der Waals surface area contributed by atoms with Gasteiger partial charge in [-0.2, -0.15) is 0 Å². The van der Waals surface area contributed by atoms with Gasteiger partial charge in [0.05, 0.1) is 17.0 Å². The number of hydrogen-bond donors (Lipinski definition) is 1. The fraction of sp³-hybridized carbons (Fsp3) is 0.400. The minimum Gasteiger partial charge on any atom is -0.486 e. The Hall–Kier alpha value is -3.59. The number of ether oxygens (including phenoxy) is 3. The van der Waals surface area contributed by atoms with Gasteiger partial charge in [0.2, 0.25) is 17.8 Å². The van der Waals surface area contributed by atoms with Crippen LogP contribution in [-0.4, -0.2) is 54.3 Å². The maximum Gasteiger partial charge on any atom is 0.232 e. The first-order valence-electron chi connectivity index (χ1n) is 11.7. The SMILES string of the molecule is CCOCCCn1c(NC(=O)C2CC(=O)N(c3ccc4c(c3)OCCO4)C2)nc2ccccc21. The van der Waals surface area contributed by atoms with Gasteiger partial charge < -0.3 is 23.7 Å². The Labute approximate surface area is 197 Å². The van der Waals surface area contributed by atoms with Gasteiger partial charge in [-0.15, -0.1) is 0 Å². The zero-order valence-corrected chi connectivity index (χ0v) is 19.2. The molecule has 1 saturated heterocycles. The van der Waals surface area contributed by atoms with Crippen LogP contribution in [0.3, 0.4) is 0 Å². The molecule has 2 amide bonds. The Balaban J connectivity index is 1.30. The first-order chi connectivity index (χ1) is 16.6. The van der Waals surface area contributed by atoms with Crippen LogP contribution in [0.5, 0.6) is 11.5 Å². The summed E-state index contributed by atoms with van der Waals surface area (Å²) in [7, 11) is 0. The highest BCUT2D eigenvalue weighted by molar-refractivity contribution is 6.03. The molecule has 3 aromatic rings. The number of aromatic nitrogens is 2. The van der Waals surface area contributed by atoms with Crippen LogP contribution >= 0.6 is 0 Å². The smallest absolute Gasteiger partial charge is 0.232 e. The van der Waals surface area contributed by atoms with E-state index in [-0.39, 0.29) is 18.2 Å². The minimum atomic E-state index is -0.475. The third kappa shape index (κ3) is 4.43. The lowest BCUT2D eigenvalue weighted by atomic mass is 10.1. The van der Waals surface area contributed by atoms with Crippen LogP contribution < -0.4 is 19.7 Å². The van der Waals surface area contributed by atoms with E-state index in [1.807, 2.05) is 41.8 Å². The van der Waals surface area contributed by atoms with E-state index in [9.17, 15) is 9.59 Å². The van der Waals surface area contributed by atoms with Crippen molar-refractivity contribution in [3.63, 3.8) is 0 Å².